The van der Waals surface area contributed by atoms with Gasteiger partial charge < -0.3 is 10.1 Å². The summed E-state index contributed by atoms with van der Waals surface area (Å²) in [5, 5.41) is 4.62. The lowest BCUT2D eigenvalue weighted by atomic mass is 10.2. The minimum Gasteiger partial charge on any atom is -0.487 e. The average Bonchev–Trinajstić information content (AvgIpc) is 2.46. The number of benzene rings is 2. The minimum absolute atomic E-state index is 0.476. The second-order valence-corrected chi connectivity index (χ2v) is 5.30. The molecule has 0 amide bonds. The molecule has 2 nitrogen and oxygen atoms in total. The highest BCUT2D eigenvalue weighted by atomic mass is 35.5. The van der Waals surface area contributed by atoms with Gasteiger partial charge in [0.1, 0.15) is 12.4 Å². The molecular formula is C16H17Cl2NO. The van der Waals surface area contributed by atoms with Gasteiger partial charge in [0, 0.05) is 11.6 Å². The van der Waals surface area contributed by atoms with E-state index in [1.807, 2.05) is 42.5 Å². The third kappa shape index (κ3) is 4.41. The summed E-state index contributed by atoms with van der Waals surface area (Å²) in [5.41, 5.74) is 2.21. The van der Waals surface area contributed by atoms with Crippen LogP contribution in [-0.4, -0.2) is 6.54 Å². The maximum absolute atomic E-state index is 6.23. The lowest BCUT2D eigenvalue weighted by Crippen LogP contribution is -2.11. The van der Waals surface area contributed by atoms with Crippen LogP contribution >= 0.6 is 23.2 Å². The van der Waals surface area contributed by atoms with Crippen LogP contribution in [0.2, 0.25) is 10.0 Å². The predicted octanol–water partition coefficient (Wildman–Crippen LogP) is 4.68. The van der Waals surface area contributed by atoms with Crippen molar-refractivity contribution in [3.63, 3.8) is 0 Å². The molecule has 2 aromatic rings. The average molecular weight is 310 g/mol. The molecule has 0 fully saturated rings. The van der Waals surface area contributed by atoms with Gasteiger partial charge >= 0.3 is 0 Å². The van der Waals surface area contributed by atoms with E-state index < -0.39 is 0 Å². The van der Waals surface area contributed by atoms with Gasteiger partial charge in [-0.1, -0.05) is 48.3 Å². The van der Waals surface area contributed by atoms with E-state index in [1.54, 1.807) is 0 Å². The topological polar surface area (TPSA) is 21.3 Å². The molecule has 0 aliphatic carbocycles. The van der Waals surface area contributed by atoms with Crippen molar-refractivity contribution < 1.29 is 4.74 Å². The normalized spacial score (nSPS) is 10.6. The molecule has 0 spiro atoms. The van der Waals surface area contributed by atoms with Crippen LogP contribution in [0.4, 0.5) is 0 Å². The second kappa shape index (κ2) is 7.53. The van der Waals surface area contributed by atoms with Crippen LogP contribution in [0.3, 0.4) is 0 Å². The first kappa shape index (κ1) is 15.2. The van der Waals surface area contributed by atoms with E-state index >= 15 is 0 Å². The molecule has 4 heteroatoms. The fourth-order valence-corrected chi connectivity index (χ4v) is 2.17. The molecule has 0 saturated carbocycles. The number of ether oxygens (including phenoxy) is 1. The Morgan fingerprint density at radius 2 is 1.70 bits per heavy atom. The van der Waals surface area contributed by atoms with Crippen molar-refractivity contribution in [2.24, 2.45) is 0 Å². The third-order valence-corrected chi connectivity index (χ3v) is 3.43. The van der Waals surface area contributed by atoms with Gasteiger partial charge in [0.05, 0.1) is 5.02 Å². The first-order valence-electron chi connectivity index (χ1n) is 6.55. The number of rotatable bonds is 6. The standard InChI is InChI=1S/C16H17Cl2NO/c1-2-19-10-13-5-8-16(15(18)9-13)20-11-12-3-6-14(17)7-4-12/h3-9,19H,2,10-11H2,1H3. The summed E-state index contributed by atoms with van der Waals surface area (Å²) in [7, 11) is 0. The van der Waals surface area contributed by atoms with E-state index in [9.17, 15) is 0 Å². The molecule has 0 aliphatic rings. The van der Waals surface area contributed by atoms with E-state index in [0.717, 1.165) is 29.2 Å². The molecule has 1 N–H and O–H groups in total. The lowest BCUT2D eigenvalue weighted by molar-refractivity contribution is 0.306. The zero-order valence-corrected chi connectivity index (χ0v) is 12.8. The van der Waals surface area contributed by atoms with E-state index in [0.29, 0.717) is 17.4 Å². The summed E-state index contributed by atoms with van der Waals surface area (Å²) >= 11 is 12.1. The smallest absolute Gasteiger partial charge is 0.138 e. The van der Waals surface area contributed by atoms with Gasteiger partial charge in [-0.05, 0) is 41.9 Å². The van der Waals surface area contributed by atoms with Crippen molar-refractivity contribution in [1.82, 2.24) is 5.32 Å². The van der Waals surface area contributed by atoms with E-state index in [2.05, 4.69) is 12.2 Å². The van der Waals surface area contributed by atoms with Gasteiger partial charge in [-0.2, -0.15) is 0 Å². The summed E-state index contributed by atoms with van der Waals surface area (Å²) in [6.45, 7) is 4.30. The van der Waals surface area contributed by atoms with Crippen LogP contribution in [0.5, 0.6) is 5.75 Å². The predicted molar refractivity (Wildman–Crippen MR) is 84.6 cm³/mol. The fourth-order valence-electron chi connectivity index (χ4n) is 1.78. The summed E-state index contributed by atoms with van der Waals surface area (Å²) in [6, 6.07) is 13.4. The molecule has 0 heterocycles. The Morgan fingerprint density at radius 3 is 2.35 bits per heavy atom. The number of hydrogen-bond donors (Lipinski definition) is 1. The van der Waals surface area contributed by atoms with Crippen molar-refractivity contribution in [3.05, 3.63) is 63.6 Å². The molecule has 0 saturated heterocycles. The molecule has 20 heavy (non-hydrogen) atoms. The van der Waals surface area contributed by atoms with E-state index in [1.165, 1.54) is 0 Å². The highest BCUT2D eigenvalue weighted by molar-refractivity contribution is 6.32. The summed E-state index contributed by atoms with van der Waals surface area (Å²) in [5.74, 6) is 0.696. The molecule has 0 unspecified atom stereocenters. The van der Waals surface area contributed by atoms with Gasteiger partial charge in [-0.15, -0.1) is 0 Å². The van der Waals surface area contributed by atoms with Crippen molar-refractivity contribution in [2.45, 2.75) is 20.1 Å². The zero-order chi connectivity index (χ0) is 14.4. The van der Waals surface area contributed by atoms with Crippen LogP contribution < -0.4 is 10.1 Å². The van der Waals surface area contributed by atoms with E-state index in [4.69, 9.17) is 27.9 Å². The molecule has 2 aromatic carbocycles. The first-order valence-corrected chi connectivity index (χ1v) is 7.31. The first-order chi connectivity index (χ1) is 9.69. The Morgan fingerprint density at radius 1 is 1.00 bits per heavy atom. The van der Waals surface area contributed by atoms with Crippen LogP contribution in [0.15, 0.2) is 42.5 Å². The summed E-state index contributed by atoms with van der Waals surface area (Å²) in [4.78, 5) is 0. The second-order valence-electron chi connectivity index (χ2n) is 4.46. The summed E-state index contributed by atoms with van der Waals surface area (Å²) < 4.78 is 5.73. The van der Waals surface area contributed by atoms with Gasteiger partial charge in [0.25, 0.3) is 0 Å². The lowest BCUT2D eigenvalue weighted by Gasteiger charge is -2.10. The number of hydrogen-bond acceptors (Lipinski definition) is 2. The van der Waals surface area contributed by atoms with Gasteiger partial charge in [0.2, 0.25) is 0 Å². The number of halogens is 2. The molecule has 0 atom stereocenters. The van der Waals surface area contributed by atoms with Gasteiger partial charge in [-0.25, -0.2) is 0 Å². The highest BCUT2D eigenvalue weighted by Crippen LogP contribution is 2.26. The minimum atomic E-state index is 0.476. The molecule has 106 valence electrons. The molecule has 2 rings (SSSR count). The fraction of sp³-hybridized carbons (Fsp3) is 0.250. The van der Waals surface area contributed by atoms with Gasteiger partial charge in [-0.3, -0.25) is 0 Å². The van der Waals surface area contributed by atoms with Crippen LogP contribution in [-0.2, 0) is 13.2 Å². The maximum atomic E-state index is 6.23. The molecule has 0 radical (unpaired) electrons. The summed E-state index contributed by atoms with van der Waals surface area (Å²) in [6.07, 6.45) is 0. The maximum Gasteiger partial charge on any atom is 0.138 e. The van der Waals surface area contributed by atoms with Crippen molar-refractivity contribution in [1.29, 1.82) is 0 Å². The molecule has 0 aromatic heterocycles. The quantitative estimate of drug-likeness (QED) is 0.836. The molecular weight excluding hydrogens is 293 g/mol. The molecule has 0 bridgehead atoms. The largest absolute Gasteiger partial charge is 0.487 e. The van der Waals surface area contributed by atoms with Crippen LogP contribution in [0.25, 0.3) is 0 Å². The third-order valence-electron chi connectivity index (χ3n) is 2.88. The monoisotopic (exact) mass is 309 g/mol. The van der Waals surface area contributed by atoms with Crippen molar-refractivity contribution in [2.75, 3.05) is 6.54 Å². The van der Waals surface area contributed by atoms with Crippen molar-refractivity contribution in [3.8, 4) is 5.75 Å². The Balaban J connectivity index is 1.97. The molecule has 0 aliphatic heterocycles. The van der Waals surface area contributed by atoms with Gasteiger partial charge in [0.15, 0.2) is 0 Å². The Labute approximate surface area is 129 Å². The SMILES string of the molecule is CCNCc1ccc(OCc2ccc(Cl)cc2)c(Cl)c1. The van der Waals surface area contributed by atoms with Crippen molar-refractivity contribution >= 4 is 23.2 Å². The highest BCUT2D eigenvalue weighted by Gasteiger charge is 2.04. The Bertz CT molecular complexity index is 555. The van der Waals surface area contributed by atoms with Crippen LogP contribution in [0.1, 0.15) is 18.1 Å². The number of nitrogens with one attached hydrogen (secondary N) is 1. The Kier molecular flexibility index (Phi) is 5.72. The van der Waals surface area contributed by atoms with Crippen LogP contribution in [0, 0.1) is 0 Å². The zero-order valence-electron chi connectivity index (χ0n) is 11.3. The Hall–Kier alpha value is -1.22. The van der Waals surface area contributed by atoms with E-state index in [-0.39, 0.29) is 0 Å².